The number of thioether (sulfide) groups is 3. The molecule has 10 heteroatoms. The number of esters is 1. The third kappa shape index (κ3) is 7.03. The molecule has 5 aromatic rings. The van der Waals surface area contributed by atoms with Gasteiger partial charge in [-0.05, 0) is 80.8 Å². The minimum atomic E-state index is -1.21. The van der Waals surface area contributed by atoms with Gasteiger partial charge in [-0.15, -0.1) is 35.3 Å². The first-order valence-corrected chi connectivity index (χ1v) is 16.9. The van der Waals surface area contributed by atoms with E-state index < -0.39 is 27.2 Å². The molecule has 0 aliphatic carbocycles. The largest absolute Gasteiger partial charge is 0.480 e. The van der Waals surface area contributed by atoms with Crippen molar-refractivity contribution >= 4 is 58.0 Å². The fourth-order valence-corrected chi connectivity index (χ4v) is 7.18. The summed E-state index contributed by atoms with van der Waals surface area (Å²) in [7, 11) is 0. The molecule has 0 saturated heterocycles. The summed E-state index contributed by atoms with van der Waals surface area (Å²) in [5, 5.41) is 10.9. The summed E-state index contributed by atoms with van der Waals surface area (Å²) in [5.41, 5.74) is 2.86. The quantitative estimate of drug-likeness (QED) is 0.116. The van der Waals surface area contributed by atoms with Crippen LogP contribution < -0.4 is 4.74 Å². The summed E-state index contributed by atoms with van der Waals surface area (Å²) in [4.78, 5) is 37.3. The number of rotatable bonds is 10. The van der Waals surface area contributed by atoms with Crippen LogP contribution >= 0.6 is 35.3 Å². The molecule has 45 heavy (non-hydrogen) atoms. The Balaban J connectivity index is 1.55. The summed E-state index contributed by atoms with van der Waals surface area (Å²) in [6.45, 7) is 6.75. The normalized spacial score (nSPS) is 11.9. The summed E-state index contributed by atoms with van der Waals surface area (Å²) in [6, 6.07) is 21.7. The zero-order valence-electron chi connectivity index (χ0n) is 25.3. The van der Waals surface area contributed by atoms with Crippen molar-refractivity contribution in [3.63, 3.8) is 0 Å². The number of carbonyl (C=O) groups is 2. The van der Waals surface area contributed by atoms with Gasteiger partial charge in [-0.25, -0.2) is 9.37 Å². The third-order valence-corrected chi connectivity index (χ3v) is 10.4. The molecule has 230 valence electrons. The molecule has 0 bridgehead atoms. The van der Waals surface area contributed by atoms with E-state index in [0.717, 1.165) is 32.7 Å². The Hall–Kier alpha value is -3.86. The highest BCUT2D eigenvalue weighted by molar-refractivity contribution is 8.01. The summed E-state index contributed by atoms with van der Waals surface area (Å²) < 4.78 is 18.6. The molecular formula is C35H31FN2O4S3. The average molecular weight is 659 g/mol. The number of hydrogen-bond acceptors (Lipinski definition) is 8. The topological polar surface area (TPSA) is 89.4 Å². The van der Waals surface area contributed by atoms with Crippen molar-refractivity contribution in [1.82, 2.24) is 9.97 Å². The number of aromatic nitrogens is 2. The Morgan fingerprint density at radius 1 is 0.800 bits per heavy atom. The molecule has 6 nitrogen and oxygen atoms in total. The molecule has 2 aromatic heterocycles. The van der Waals surface area contributed by atoms with Crippen LogP contribution in [0.4, 0.5) is 4.39 Å². The van der Waals surface area contributed by atoms with Crippen LogP contribution in [0.1, 0.15) is 27.7 Å². The van der Waals surface area contributed by atoms with Gasteiger partial charge in [0.2, 0.25) is 5.88 Å². The number of aliphatic carboxylic acids is 1. The third-order valence-electron chi connectivity index (χ3n) is 7.13. The molecule has 0 aliphatic heterocycles. The lowest BCUT2D eigenvalue weighted by Crippen LogP contribution is -2.33. The molecule has 5 rings (SSSR count). The van der Waals surface area contributed by atoms with Crippen LogP contribution in [-0.2, 0) is 9.59 Å². The lowest BCUT2D eigenvalue weighted by molar-refractivity contribution is -0.139. The summed E-state index contributed by atoms with van der Waals surface area (Å²) in [5.74, 6) is -1.94. The Kier molecular flexibility index (Phi) is 9.57. The highest BCUT2D eigenvalue weighted by atomic mass is 32.2. The maximum atomic E-state index is 14.8. The van der Waals surface area contributed by atoms with E-state index in [2.05, 4.69) is 9.97 Å². The van der Waals surface area contributed by atoms with Crippen molar-refractivity contribution in [3.8, 4) is 28.1 Å². The van der Waals surface area contributed by atoms with Crippen molar-refractivity contribution in [2.75, 3.05) is 6.26 Å². The van der Waals surface area contributed by atoms with Gasteiger partial charge in [0.05, 0.1) is 5.56 Å². The Labute approximate surface area is 274 Å². The van der Waals surface area contributed by atoms with Gasteiger partial charge in [0, 0.05) is 44.2 Å². The smallest absolute Gasteiger partial charge is 0.328 e. The Bertz CT molecular complexity index is 1890. The van der Waals surface area contributed by atoms with Crippen molar-refractivity contribution in [3.05, 3.63) is 97.2 Å². The van der Waals surface area contributed by atoms with Crippen molar-refractivity contribution < 1.29 is 23.8 Å². The fraction of sp³-hybridized carbons (Fsp3) is 0.200. The average Bonchev–Trinajstić information content (AvgIpc) is 3.02. The van der Waals surface area contributed by atoms with E-state index in [4.69, 9.17) is 4.74 Å². The molecule has 0 amide bonds. The lowest BCUT2D eigenvalue weighted by Gasteiger charge is -2.25. The summed E-state index contributed by atoms with van der Waals surface area (Å²) in [6.07, 6.45) is 6.97. The van der Waals surface area contributed by atoms with Crippen LogP contribution in [0, 0.1) is 5.82 Å². The van der Waals surface area contributed by atoms with Crippen LogP contribution in [0.3, 0.4) is 0 Å². The molecule has 2 heterocycles. The van der Waals surface area contributed by atoms with Crippen molar-refractivity contribution in [2.45, 2.75) is 51.9 Å². The van der Waals surface area contributed by atoms with Gasteiger partial charge in [0.1, 0.15) is 15.3 Å². The number of benzene rings is 3. The number of carbonyl (C=O) groups excluding carboxylic acids is 1. The van der Waals surface area contributed by atoms with E-state index in [1.54, 1.807) is 88.2 Å². The molecule has 0 unspecified atom stereocenters. The first-order chi connectivity index (χ1) is 21.4. The minimum absolute atomic E-state index is 0.0132. The van der Waals surface area contributed by atoms with Crippen LogP contribution in [0.5, 0.6) is 5.88 Å². The van der Waals surface area contributed by atoms with Gasteiger partial charge in [0.25, 0.3) is 0 Å². The standard InChI is InChI=1S/C35H31FN2O4S3/c1-34(2,32(39)40)45-29-17-19-38-31(30(29)25-14-15-27(36)24-9-7-6-8-23(24)25)42-33(41)35(3,4)44-28-16-18-37-20-26(28)21-10-12-22(43-5)13-11-21/h6-20H,1-5H3,(H,39,40). The number of ether oxygens (including phenoxy) is 1. The van der Waals surface area contributed by atoms with E-state index in [1.165, 1.54) is 24.0 Å². The number of carboxylic acid groups (broad SMARTS) is 1. The SMILES string of the molecule is CSc1ccc(-c2cnccc2SC(C)(C)C(=O)Oc2nccc(SC(C)(C)C(=O)O)c2-c2ccc(F)c3ccccc23)cc1. The van der Waals surface area contributed by atoms with Gasteiger partial charge in [-0.2, -0.15) is 0 Å². The lowest BCUT2D eigenvalue weighted by atomic mass is 9.98. The molecule has 0 aliphatic rings. The second kappa shape index (κ2) is 13.2. The van der Waals surface area contributed by atoms with E-state index in [0.29, 0.717) is 26.8 Å². The van der Waals surface area contributed by atoms with E-state index in [9.17, 15) is 19.1 Å². The van der Waals surface area contributed by atoms with Crippen LogP contribution in [-0.4, -0.2) is 42.8 Å². The zero-order valence-corrected chi connectivity index (χ0v) is 27.8. The van der Waals surface area contributed by atoms with E-state index in [-0.39, 0.29) is 5.88 Å². The highest BCUT2D eigenvalue weighted by Crippen LogP contribution is 2.46. The number of fused-ring (bicyclic) bond motifs is 1. The van der Waals surface area contributed by atoms with E-state index in [1.807, 2.05) is 36.6 Å². The number of nitrogens with zero attached hydrogens (tertiary/aromatic N) is 2. The van der Waals surface area contributed by atoms with Gasteiger partial charge >= 0.3 is 11.9 Å². The van der Waals surface area contributed by atoms with Gasteiger partial charge in [0.15, 0.2) is 0 Å². The molecular weight excluding hydrogens is 628 g/mol. The molecule has 0 radical (unpaired) electrons. The highest BCUT2D eigenvalue weighted by Gasteiger charge is 2.35. The van der Waals surface area contributed by atoms with Crippen LogP contribution in [0.15, 0.2) is 106 Å². The number of hydrogen-bond donors (Lipinski definition) is 1. The van der Waals surface area contributed by atoms with Crippen LogP contribution in [0.2, 0.25) is 0 Å². The molecule has 0 saturated carbocycles. The number of pyridine rings is 2. The summed E-state index contributed by atoms with van der Waals surface area (Å²) >= 11 is 4.11. The first-order valence-electron chi connectivity index (χ1n) is 14.0. The van der Waals surface area contributed by atoms with Crippen molar-refractivity contribution in [1.29, 1.82) is 0 Å². The Morgan fingerprint density at radius 3 is 2.16 bits per heavy atom. The van der Waals surface area contributed by atoms with Gasteiger partial charge in [-0.1, -0.05) is 42.5 Å². The molecule has 3 aromatic carbocycles. The number of halogens is 1. The Morgan fingerprint density at radius 2 is 1.47 bits per heavy atom. The monoisotopic (exact) mass is 658 g/mol. The second-order valence-electron chi connectivity index (χ2n) is 11.1. The fourth-order valence-electron chi connectivity index (χ4n) is 4.62. The van der Waals surface area contributed by atoms with Crippen LogP contribution in [0.25, 0.3) is 33.0 Å². The predicted octanol–water partition coefficient (Wildman–Crippen LogP) is 9.26. The van der Waals surface area contributed by atoms with Crippen molar-refractivity contribution in [2.24, 2.45) is 0 Å². The molecule has 0 spiro atoms. The first kappa shape index (κ1) is 32.5. The number of carboxylic acids is 1. The van der Waals surface area contributed by atoms with E-state index >= 15 is 0 Å². The van der Waals surface area contributed by atoms with Gasteiger partial charge < -0.3 is 9.84 Å². The maximum Gasteiger partial charge on any atom is 0.328 e. The second-order valence-corrected chi connectivity index (χ2v) is 15.4. The molecule has 0 fully saturated rings. The van der Waals surface area contributed by atoms with Gasteiger partial charge in [-0.3, -0.25) is 14.6 Å². The predicted molar refractivity (Wildman–Crippen MR) is 182 cm³/mol. The molecule has 1 N–H and O–H groups in total. The maximum absolute atomic E-state index is 14.8. The minimum Gasteiger partial charge on any atom is -0.480 e. The zero-order chi connectivity index (χ0) is 32.4. The molecule has 0 atom stereocenters.